The Balaban J connectivity index is 4.48. The van der Waals surface area contributed by atoms with Gasteiger partial charge in [-0.15, -0.1) is 0 Å². The molecule has 0 aromatic heterocycles. The Bertz CT molecular complexity index is 188. The first-order valence-corrected chi connectivity index (χ1v) is 7.17. The van der Waals surface area contributed by atoms with E-state index in [1.165, 1.54) is 25.7 Å². The normalized spacial score (nSPS) is 17.2. The zero-order valence-electron chi connectivity index (χ0n) is 13.0. The maximum absolute atomic E-state index is 2.44. The quantitative estimate of drug-likeness (QED) is 0.506. The molecule has 0 aromatic rings. The van der Waals surface area contributed by atoms with Gasteiger partial charge in [0.2, 0.25) is 0 Å². The van der Waals surface area contributed by atoms with Crippen LogP contribution >= 0.6 is 0 Å². The fraction of sp³-hybridized carbons (Fsp3) is 1.00. The van der Waals surface area contributed by atoms with Crippen LogP contribution in [0.25, 0.3) is 0 Å². The summed E-state index contributed by atoms with van der Waals surface area (Å²) >= 11 is 0. The maximum atomic E-state index is 2.44. The molecule has 0 heteroatoms. The highest BCUT2D eigenvalue weighted by atomic mass is 14.4. The first-order valence-electron chi connectivity index (χ1n) is 7.17. The van der Waals surface area contributed by atoms with E-state index >= 15 is 0 Å². The molecule has 0 saturated carbocycles. The fourth-order valence-corrected chi connectivity index (χ4v) is 2.71. The Morgan fingerprint density at radius 1 is 0.812 bits per heavy atom. The summed E-state index contributed by atoms with van der Waals surface area (Å²) in [6.07, 6.45) is 5.31. The lowest BCUT2D eigenvalue weighted by atomic mass is 9.65. The van der Waals surface area contributed by atoms with Crippen LogP contribution in [-0.4, -0.2) is 0 Å². The van der Waals surface area contributed by atoms with Crippen molar-refractivity contribution in [1.29, 1.82) is 0 Å². The average molecular weight is 226 g/mol. The van der Waals surface area contributed by atoms with Crippen LogP contribution in [0.3, 0.4) is 0 Å². The Morgan fingerprint density at radius 3 is 1.69 bits per heavy atom. The second-order valence-corrected chi connectivity index (χ2v) is 7.14. The lowest BCUT2D eigenvalue weighted by molar-refractivity contribution is 0.104. The van der Waals surface area contributed by atoms with Gasteiger partial charge in [0.15, 0.2) is 0 Å². The Morgan fingerprint density at radius 2 is 1.31 bits per heavy atom. The van der Waals surface area contributed by atoms with Crippen molar-refractivity contribution < 1.29 is 0 Å². The number of hydrogen-bond donors (Lipinski definition) is 0. The van der Waals surface area contributed by atoms with E-state index in [1.807, 2.05) is 0 Å². The molecule has 0 rings (SSSR count). The summed E-state index contributed by atoms with van der Waals surface area (Å²) in [5, 5.41) is 0. The second-order valence-electron chi connectivity index (χ2n) is 7.14. The smallest absolute Gasteiger partial charge is 0.0326 e. The third kappa shape index (κ3) is 4.47. The topological polar surface area (TPSA) is 0 Å². The molecule has 0 radical (unpaired) electrons. The third-order valence-electron chi connectivity index (χ3n) is 5.01. The number of rotatable bonds is 7. The minimum Gasteiger partial charge on any atom is -0.0654 e. The summed E-state index contributed by atoms with van der Waals surface area (Å²) in [5.41, 5.74) is 0.985. The predicted molar refractivity (Wildman–Crippen MR) is 75.7 cm³/mol. The highest BCUT2D eigenvalue weighted by molar-refractivity contribution is 4.83. The van der Waals surface area contributed by atoms with Crippen LogP contribution in [0, 0.1) is 22.7 Å². The largest absolute Gasteiger partial charge is 0.0654 e. The maximum Gasteiger partial charge on any atom is -0.0326 e. The van der Waals surface area contributed by atoms with Gasteiger partial charge in [-0.05, 0) is 35.5 Å². The molecule has 0 spiro atoms. The molecule has 2 atom stereocenters. The Kier molecular flexibility index (Phi) is 6.07. The molecular weight excluding hydrogens is 192 g/mol. The lowest BCUT2D eigenvalue weighted by Crippen LogP contribution is -2.30. The van der Waals surface area contributed by atoms with Gasteiger partial charge in [-0.2, -0.15) is 0 Å². The highest BCUT2D eigenvalue weighted by Crippen LogP contribution is 2.43. The van der Waals surface area contributed by atoms with Gasteiger partial charge in [0.05, 0.1) is 0 Å². The molecule has 0 amide bonds. The standard InChI is InChI=1S/C16H34/c1-9-11-15(5,6)14(4)12-16(7,8)13(3)10-2/h13-14H,9-12H2,1-8H3/t13?,14-/m0/s1. The van der Waals surface area contributed by atoms with Crippen LogP contribution in [0.4, 0.5) is 0 Å². The van der Waals surface area contributed by atoms with E-state index in [0.29, 0.717) is 10.8 Å². The van der Waals surface area contributed by atoms with Crippen LogP contribution in [-0.2, 0) is 0 Å². The first kappa shape index (κ1) is 16.0. The zero-order valence-corrected chi connectivity index (χ0v) is 13.0. The van der Waals surface area contributed by atoms with Crippen molar-refractivity contribution >= 4 is 0 Å². The van der Waals surface area contributed by atoms with Crippen LogP contribution in [0.15, 0.2) is 0 Å². The number of hydrogen-bond acceptors (Lipinski definition) is 0. The molecule has 0 aromatic carbocycles. The van der Waals surface area contributed by atoms with Gasteiger partial charge in [0.1, 0.15) is 0 Å². The molecule has 0 N–H and O–H groups in total. The van der Waals surface area contributed by atoms with Crippen molar-refractivity contribution in [1.82, 2.24) is 0 Å². The Labute approximate surface area is 104 Å². The zero-order chi connectivity index (χ0) is 13.0. The van der Waals surface area contributed by atoms with Crippen molar-refractivity contribution in [3.8, 4) is 0 Å². The molecule has 0 aliphatic carbocycles. The van der Waals surface area contributed by atoms with E-state index < -0.39 is 0 Å². The molecule has 0 heterocycles. The van der Waals surface area contributed by atoms with Gasteiger partial charge in [-0.25, -0.2) is 0 Å². The molecule has 0 nitrogen and oxygen atoms in total. The molecular formula is C16H34. The van der Waals surface area contributed by atoms with Crippen molar-refractivity contribution in [2.24, 2.45) is 22.7 Å². The van der Waals surface area contributed by atoms with E-state index in [0.717, 1.165) is 11.8 Å². The summed E-state index contributed by atoms with van der Waals surface area (Å²) in [7, 11) is 0. The fourth-order valence-electron chi connectivity index (χ4n) is 2.71. The first-order chi connectivity index (χ1) is 7.17. The predicted octanol–water partition coefficient (Wildman–Crippen LogP) is 5.91. The minimum atomic E-state index is 0.485. The van der Waals surface area contributed by atoms with Crippen molar-refractivity contribution in [3.63, 3.8) is 0 Å². The van der Waals surface area contributed by atoms with E-state index in [2.05, 4.69) is 55.4 Å². The van der Waals surface area contributed by atoms with Crippen molar-refractivity contribution in [2.75, 3.05) is 0 Å². The van der Waals surface area contributed by atoms with Gasteiger partial charge in [0.25, 0.3) is 0 Å². The van der Waals surface area contributed by atoms with E-state index in [1.54, 1.807) is 0 Å². The second kappa shape index (κ2) is 6.07. The molecule has 0 aliphatic rings. The molecule has 0 aliphatic heterocycles. The molecule has 98 valence electrons. The summed E-state index contributed by atoms with van der Waals surface area (Å²) in [6.45, 7) is 19.2. The third-order valence-corrected chi connectivity index (χ3v) is 5.01. The summed E-state index contributed by atoms with van der Waals surface area (Å²) in [6, 6.07) is 0. The summed E-state index contributed by atoms with van der Waals surface area (Å²) < 4.78 is 0. The van der Waals surface area contributed by atoms with Gasteiger partial charge in [-0.1, -0.05) is 68.2 Å². The van der Waals surface area contributed by atoms with Gasteiger partial charge < -0.3 is 0 Å². The minimum absolute atomic E-state index is 0.485. The average Bonchev–Trinajstić information content (AvgIpc) is 2.15. The molecule has 0 saturated heterocycles. The van der Waals surface area contributed by atoms with Gasteiger partial charge in [-0.3, -0.25) is 0 Å². The molecule has 16 heavy (non-hydrogen) atoms. The van der Waals surface area contributed by atoms with E-state index in [4.69, 9.17) is 0 Å². The summed E-state index contributed by atoms with van der Waals surface area (Å²) in [4.78, 5) is 0. The van der Waals surface area contributed by atoms with Crippen molar-refractivity contribution in [2.45, 2.75) is 81.1 Å². The van der Waals surface area contributed by atoms with Crippen LogP contribution in [0.2, 0.25) is 0 Å². The lowest BCUT2D eigenvalue weighted by Gasteiger charge is -2.40. The Hall–Kier alpha value is 0. The molecule has 0 bridgehead atoms. The van der Waals surface area contributed by atoms with Gasteiger partial charge >= 0.3 is 0 Å². The van der Waals surface area contributed by atoms with Crippen LogP contribution in [0.5, 0.6) is 0 Å². The molecule has 0 fully saturated rings. The van der Waals surface area contributed by atoms with E-state index in [9.17, 15) is 0 Å². The van der Waals surface area contributed by atoms with Gasteiger partial charge in [0, 0.05) is 0 Å². The highest BCUT2D eigenvalue weighted by Gasteiger charge is 2.32. The van der Waals surface area contributed by atoms with Crippen LogP contribution < -0.4 is 0 Å². The SMILES string of the molecule is CCCC(C)(C)[C@@H](C)CC(C)(C)C(C)CC. The van der Waals surface area contributed by atoms with E-state index in [-0.39, 0.29) is 0 Å². The van der Waals surface area contributed by atoms with Crippen LogP contribution in [0.1, 0.15) is 81.1 Å². The monoisotopic (exact) mass is 226 g/mol. The summed E-state index contributed by atoms with van der Waals surface area (Å²) in [5.74, 6) is 1.64. The molecule has 1 unspecified atom stereocenters. The van der Waals surface area contributed by atoms with Crippen molar-refractivity contribution in [3.05, 3.63) is 0 Å².